The number of nitrogens with zero attached hydrogens (tertiary/aromatic N) is 2. The van der Waals surface area contributed by atoms with E-state index in [0.717, 1.165) is 17.8 Å². The monoisotopic (exact) mass is 250 g/mol. The van der Waals surface area contributed by atoms with Crippen molar-refractivity contribution < 1.29 is 14.3 Å². The lowest BCUT2D eigenvalue weighted by molar-refractivity contribution is 0.0696. The average Bonchev–Trinajstić information content (AvgIpc) is 2.33. The van der Waals surface area contributed by atoms with E-state index in [2.05, 4.69) is 9.97 Å². The molecule has 0 saturated heterocycles. The molecule has 0 atom stereocenters. The van der Waals surface area contributed by atoms with Crippen LogP contribution >= 0.6 is 11.8 Å². The Kier molecular flexibility index (Phi) is 3.34. The maximum Gasteiger partial charge on any atom is 0.335 e. The molecule has 0 bridgehead atoms. The second-order valence-corrected chi connectivity index (χ2v) is 4.16. The SMILES string of the molecule is O=C(O)c1ccc(F)c(Sc2ccncn2)c1. The fraction of sp³-hybridized carbons (Fsp3) is 0. The number of aromatic carboxylic acids is 1. The minimum Gasteiger partial charge on any atom is -0.478 e. The number of carbonyl (C=O) groups is 1. The van der Waals surface area contributed by atoms with Gasteiger partial charge in [-0.05, 0) is 24.3 Å². The van der Waals surface area contributed by atoms with Crippen molar-refractivity contribution in [1.82, 2.24) is 9.97 Å². The molecule has 2 aromatic rings. The summed E-state index contributed by atoms with van der Waals surface area (Å²) < 4.78 is 13.5. The molecule has 1 N–H and O–H groups in total. The molecule has 1 aromatic carbocycles. The molecule has 0 spiro atoms. The topological polar surface area (TPSA) is 63.1 Å². The summed E-state index contributed by atoms with van der Waals surface area (Å²) in [4.78, 5) is 18.7. The average molecular weight is 250 g/mol. The van der Waals surface area contributed by atoms with E-state index in [0.29, 0.717) is 5.03 Å². The van der Waals surface area contributed by atoms with Gasteiger partial charge in [-0.1, -0.05) is 11.8 Å². The number of carboxylic acids is 1. The molecule has 2 rings (SSSR count). The molecule has 0 fully saturated rings. The molecule has 17 heavy (non-hydrogen) atoms. The Morgan fingerprint density at radius 1 is 1.35 bits per heavy atom. The van der Waals surface area contributed by atoms with Crippen molar-refractivity contribution in [3.8, 4) is 0 Å². The first-order valence-corrected chi connectivity index (χ1v) is 5.45. The highest BCUT2D eigenvalue weighted by molar-refractivity contribution is 7.99. The van der Waals surface area contributed by atoms with Crippen LogP contribution in [0.5, 0.6) is 0 Å². The van der Waals surface area contributed by atoms with Gasteiger partial charge < -0.3 is 5.11 Å². The maximum absolute atomic E-state index is 13.5. The van der Waals surface area contributed by atoms with Gasteiger partial charge in [0.2, 0.25) is 0 Å². The molecule has 0 radical (unpaired) electrons. The number of benzene rings is 1. The van der Waals surface area contributed by atoms with Crippen LogP contribution in [0.1, 0.15) is 10.4 Å². The highest BCUT2D eigenvalue weighted by Crippen LogP contribution is 2.28. The van der Waals surface area contributed by atoms with Gasteiger partial charge in [-0.15, -0.1) is 0 Å². The van der Waals surface area contributed by atoms with Gasteiger partial charge in [0.15, 0.2) is 0 Å². The van der Waals surface area contributed by atoms with E-state index in [-0.39, 0.29) is 10.5 Å². The third-order valence-corrected chi connectivity index (χ3v) is 2.93. The Morgan fingerprint density at radius 3 is 2.82 bits per heavy atom. The lowest BCUT2D eigenvalue weighted by Crippen LogP contribution is -1.97. The Morgan fingerprint density at radius 2 is 2.18 bits per heavy atom. The highest BCUT2D eigenvalue weighted by Gasteiger charge is 2.10. The van der Waals surface area contributed by atoms with E-state index >= 15 is 0 Å². The molecule has 1 heterocycles. The predicted molar refractivity (Wildman–Crippen MR) is 59.5 cm³/mol. The van der Waals surface area contributed by atoms with E-state index < -0.39 is 11.8 Å². The van der Waals surface area contributed by atoms with E-state index in [9.17, 15) is 9.18 Å². The molecular formula is C11H7FN2O2S. The third-order valence-electron chi connectivity index (χ3n) is 1.95. The summed E-state index contributed by atoms with van der Waals surface area (Å²) in [5.74, 6) is -1.56. The summed E-state index contributed by atoms with van der Waals surface area (Å²) in [7, 11) is 0. The first-order valence-electron chi connectivity index (χ1n) is 4.63. The first kappa shape index (κ1) is 11.5. The summed E-state index contributed by atoms with van der Waals surface area (Å²) in [6.45, 7) is 0. The lowest BCUT2D eigenvalue weighted by atomic mass is 10.2. The Labute approximate surface area is 101 Å². The van der Waals surface area contributed by atoms with Crippen LogP contribution in [0, 0.1) is 5.82 Å². The molecule has 0 unspecified atom stereocenters. The molecule has 0 saturated carbocycles. The summed E-state index contributed by atoms with van der Waals surface area (Å²) in [6, 6.07) is 5.26. The van der Waals surface area contributed by atoms with Crippen molar-refractivity contribution >= 4 is 17.7 Å². The van der Waals surface area contributed by atoms with Gasteiger partial charge in [-0.2, -0.15) is 0 Å². The number of rotatable bonds is 3. The number of hydrogen-bond acceptors (Lipinski definition) is 4. The van der Waals surface area contributed by atoms with Gasteiger partial charge in [0, 0.05) is 6.20 Å². The standard InChI is InChI=1S/C11H7FN2O2S/c12-8-2-1-7(11(15)16)5-9(8)17-10-3-4-13-6-14-10/h1-6H,(H,15,16). The fourth-order valence-electron chi connectivity index (χ4n) is 1.17. The molecule has 0 aliphatic carbocycles. The Bertz CT molecular complexity index is 548. The Hall–Kier alpha value is -1.95. The van der Waals surface area contributed by atoms with Crippen LogP contribution in [0.25, 0.3) is 0 Å². The van der Waals surface area contributed by atoms with Crippen LogP contribution in [-0.4, -0.2) is 21.0 Å². The van der Waals surface area contributed by atoms with Crippen LogP contribution in [-0.2, 0) is 0 Å². The molecule has 86 valence electrons. The minimum atomic E-state index is -1.09. The smallest absolute Gasteiger partial charge is 0.335 e. The van der Waals surface area contributed by atoms with Crippen LogP contribution in [0.3, 0.4) is 0 Å². The molecule has 0 aliphatic heterocycles. The predicted octanol–water partition coefficient (Wildman–Crippen LogP) is 2.47. The number of halogens is 1. The first-order chi connectivity index (χ1) is 8.16. The van der Waals surface area contributed by atoms with Gasteiger partial charge in [0.1, 0.15) is 17.2 Å². The summed E-state index contributed by atoms with van der Waals surface area (Å²) in [5.41, 5.74) is 0.0444. The lowest BCUT2D eigenvalue weighted by Gasteiger charge is -2.03. The summed E-state index contributed by atoms with van der Waals surface area (Å²) in [6.07, 6.45) is 2.88. The van der Waals surface area contributed by atoms with Crippen molar-refractivity contribution in [2.75, 3.05) is 0 Å². The molecule has 1 aromatic heterocycles. The normalized spacial score (nSPS) is 10.2. The largest absolute Gasteiger partial charge is 0.478 e. The number of carboxylic acid groups (broad SMARTS) is 1. The van der Waals surface area contributed by atoms with Crippen LogP contribution < -0.4 is 0 Å². The van der Waals surface area contributed by atoms with Gasteiger partial charge in [0.05, 0.1) is 10.5 Å². The second-order valence-electron chi connectivity index (χ2n) is 3.10. The van der Waals surface area contributed by atoms with Gasteiger partial charge in [-0.3, -0.25) is 0 Å². The van der Waals surface area contributed by atoms with E-state index in [1.807, 2.05) is 0 Å². The fourth-order valence-corrected chi connectivity index (χ4v) is 1.97. The summed E-state index contributed by atoms with van der Waals surface area (Å²) in [5, 5.41) is 9.37. The number of aromatic nitrogens is 2. The highest BCUT2D eigenvalue weighted by atomic mass is 32.2. The Balaban J connectivity index is 2.32. The van der Waals surface area contributed by atoms with E-state index in [1.54, 1.807) is 6.07 Å². The zero-order valence-corrected chi connectivity index (χ0v) is 9.32. The molecule has 0 aliphatic rings. The van der Waals surface area contributed by atoms with Crippen molar-refractivity contribution in [3.05, 3.63) is 48.2 Å². The zero-order chi connectivity index (χ0) is 12.3. The third kappa shape index (κ3) is 2.79. The van der Waals surface area contributed by atoms with Crippen LogP contribution in [0.2, 0.25) is 0 Å². The van der Waals surface area contributed by atoms with Crippen LogP contribution in [0.15, 0.2) is 46.7 Å². The maximum atomic E-state index is 13.5. The van der Waals surface area contributed by atoms with E-state index in [4.69, 9.17) is 5.11 Å². The molecule has 0 amide bonds. The van der Waals surface area contributed by atoms with Crippen molar-refractivity contribution in [3.63, 3.8) is 0 Å². The van der Waals surface area contributed by atoms with Gasteiger partial charge in [0.25, 0.3) is 0 Å². The summed E-state index contributed by atoms with van der Waals surface area (Å²) >= 11 is 1.06. The number of hydrogen-bond donors (Lipinski definition) is 1. The molecular weight excluding hydrogens is 243 g/mol. The van der Waals surface area contributed by atoms with Gasteiger partial charge in [-0.25, -0.2) is 19.2 Å². The minimum absolute atomic E-state index is 0.0444. The van der Waals surface area contributed by atoms with Crippen LogP contribution in [0.4, 0.5) is 4.39 Å². The molecule has 6 heteroatoms. The molecule has 4 nitrogen and oxygen atoms in total. The quantitative estimate of drug-likeness (QED) is 0.848. The second kappa shape index (κ2) is 4.92. The van der Waals surface area contributed by atoms with Gasteiger partial charge >= 0.3 is 5.97 Å². The van der Waals surface area contributed by atoms with Crippen molar-refractivity contribution in [1.29, 1.82) is 0 Å². The van der Waals surface area contributed by atoms with Crippen molar-refractivity contribution in [2.45, 2.75) is 9.92 Å². The van der Waals surface area contributed by atoms with Crippen molar-refractivity contribution in [2.24, 2.45) is 0 Å². The van der Waals surface area contributed by atoms with E-state index in [1.165, 1.54) is 24.7 Å². The zero-order valence-electron chi connectivity index (χ0n) is 8.50.